The van der Waals surface area contributed by atoms with Gasteiger partial charge >= 0.3 is 0 Å². The normalized spacial score (nSPS) is 10.5. The fraction of sp³-hybridized carbons (Fsp3) is 0.182. The van der Waals surface area contributed by atoms with Gasteiger partial charge in [-0.3, -0.25) is 9.78 Å². The molecule has 0 unspecified atom stereocenters. The van der Waals surface area contributed by atoms with E-state index in [1.807, 2.05) is 56.3 Å². The Morgan fingerprint density at radius 1 is 1.00 bits per heavy atom. The number of carbonyl (C=O) groups excluding carboxylic acids is 1. The first-order chi connectivity index (χ1) is 13.0. The number of aromatic nitrogens is 1. The van der Waals surface area contributed by atoms with Gasteiger partial charge in [0.05, 0.1) is 11.3 Å². The molecule has 0 aliphatic heterocycles. The molecule has 1 amide bonds. The van der Waals surface area contributed by atoms with Crippen molar-refractivity contribution < 1.29 is 4.79 Å². The molecule has 0 saturated heterocycles. The number of carbonyl (C=O) groups is 1. The minimum atomic E-state index is -0.175. The van der Waals surface area contributed by atoms with E-state index in [4.69, 9.17) is 11.6 Å². The number of nitrogens with zero attached hydrogens (tertiary/aromatic N) is 1. The first-order valence-electron chi connectivity index (χ1n) is 8.82. The summed E-state index contributed by atoms with van der Waals surface area (Å²) in [7, 11) is 0. The van der Waals surface area contributed by atoms with Gasteiger partial charge in [-0.2, -0.15) is 0 Å². The molecule has 0 atom stereocenters. The van der Waals surface area contributed by atoms with Crippen LogP contribution in [0.2, 0.25) is 5.02 Å². The average molecular weight is 380 g/mol. The third-order valence-corrected chi connectivity index (χ3v) is 4.35. The van der Waals surface area contributed by atoms with Gasteiger partial charge in [-0.25, -0.2) is 0 Å². The van der Waals surface area contributed by atoms with Crippen LogP contribution in [0.25, 0.3) is 0 Å². The van der Waals surface area contributed by atoms with Gasteiger partial charge in [0.2, 0.25) is 0 Å². The zero-order valence-corrected chi connectivity index (χ0v) is 16.2. The molecular weight excluding hydrogens is 358 g/mol. The number of anilines is 2. The lowest BCUT2D eigenvalue weighted by atomic mass is 10.1. The summed E-state index contributed by atoms with van der Waals surface area (Å²) in [6, 6.07) is 15.6. The van der Waals surface area contributed by atoms with Crippen molar-refractivity contribution in [1.29, 1.82) is 0 Å². The van der Waals surface area contributed by atoms with Gasteiger partial charge in [0.15, 0.2) is 0 Å². The number of amides is 1. The molecule has 2 N–H and O–H groups in total. The van der Waals surface area contributed by atoms with Crippen LogP contribution in [0.5, 0.6) is 0 Å². The number of pyridine rings is 1. The van der Waals surface area contributed by atoms with E-state index in [9.17, 15) is 4.79 Å². The first-order valence-corrected chi connectivity index (χ1v) is 9.20. The van der Waals surface area contributed by atoms with Gasteiger partial charge in [-0.15, -0.1) is 0 Å². The molecule has 4 nitrogen and oxygen atoms in total. The Bertz CT molecular complexity index is 936. The Balaban J connectivity index is 1.61. The van der Waals surface area contributed by atoms with Crippen LogP contribution in [-0.4, -0.2) is 17.4 Å². The molecule has 1 heterocycles. The van der Waals surface area contributed by atoms with E-state index in [-0.39, 0.29) is 5.91 Å². The van der Waals surface area contributed by atoms with E-state index in [1.54, 1.807) is 12.4 Å². The quantitative estimate of drug-likeness (QED) is 0.614. The molecule has 3 rings (SSSR count). The summed E-state index contributed by atoms with van der Waals surface area (Å²) in [5.41, 5.74) is 5.50. The Morgan fingerprint density at radius 2 is 1.78 bits per heavy atom. The molecule has 0 fully saturated rings. The van der Waals surface area contributed by atoms with Crippen molar-refractivity contribution in [3.63, 3.8) is 0 Å². The minimum absolute atomic E-state index is 0.175. The monoisotopic (exact) mass is 379 g/mol. The molecule has 2 aromatic carbocycles. The number of benzene rings is 2. The van der Waals surface area contributed by atoms with E-state index < -0.39 is 0 Å². The SMILES string of the molecule is Cc1cc(C)cc(NC(=O)c2cncc(NCCc3cccc(Cl)c3)c2)c1. The van der Waals surface area contributed by atoms with Crippen LogP contribution in [0, 0.1) is 13.8 Å². The fourth-order valence-electron chi connectivity index (χ4n) is 2.95. The fourth-order valence-corrected chi connectivity index (χ4v) is 3.17. The van der Waals surface area contributed by atoms with E-state index in [0.717, 1.165) is 46.1 Å². The maximum atomic E-state index is 12.5. The number of rotatable bonds is 6. The number of hydrogen-bond donors (Lipinski definition) is 2. The molecule has 0 saturated carbocycles. The van der Waals surface area contributed by atoms with Gasteiger partial charge in [-0.05, 0) is 67.3 Å². The number of hydrogen-bond acceptors (Lipinski definition) is 3. The Labute approximate surface area is 164 Å². The topological polar surface area (TPSA) is 54.0 Å². The maximum Gasteiger partial charge on any atom is 0.257 e. The van der Waals surface area contributed by atoms with Crippen molar-refractivity contribution in [1.82, 2.24) is 4.98 Å². The van der Waals surface area contributed by atoms with Gasteiger partial charge < -0.3 is 10.6 Å². The number of halogens is 1. The molecule has 0 spiro atoms. The second kappa shape index (κ2) is 8.69. The Morgan fingerprint density at radius 3 is 2.52 bits per heavy atom. The van der Waals surface area contributed by atoms with E-state index >= 15 is 0 Å². The smallest absolute Gasteiger partial charge is 0.257 e. The summed E-state index contributed by atoms with van der Waals surface area (Å²) in [5, 5.41) is 6.97. The molecule has 0 aliphatic carbocycles. The largest absolute Gasteiger partial charge is 0.383 e. The molecule has 1 aromatic heterocycles. The minimum Gasteiger partial charge on any atom is -0.383 e. The van der Waals surface area contributed by atoms with Crippen molar-refractivity contribution in [2.24, 2.45) is 0 Å². The highest BCUT2D eigenvalue weighted by Crippen LogP contribution is 2.16. The predicted octanol–water partition coefficient (Wildman–Crippen LogP) is 5.26. The van der Waals surface area contributed by atoms with Crippen LogP contribution in [0.1, 0.15) is 27.0 Å². The third-order valence-electron chi connectivity index (χ3n) is 4.11. The van der Waals surface area contributed by atoms with Gasteiger partial charge in [-0.1, -0.05) is 29.8 Å². The predicted molar refractivity (Wildman–Crippen MR) is 112 cm³/mol. The van der Waals surface area contributed by atoms with Crippen LogP contribution in [0.4, 0.5) is 11.4 Å². The maximum absolute atomic E-state index is 12.5. The summed E-state index contributed by atoms with van der Waals surface area (Å²) in [6.07, 6.45) is 4.12. The second-order valence-electron chi connectivity index (χ2n) is 6.60. The first kappa shape index (κ1) is 18.9. The summed E-state index contributed by atoms with van der Waals surface area (Å²) < 4.78 is 0. The van der Waals surface area contributed by atoms with Gasteiger partial charge in [0.1, 0.15) is 0 Å². The van der Waals surface area contributed by atoms with Crippen molar-refractivity contribution in [3.05, 3.63) is 88.2 Å². The number of nitrogens with one attached hydrogen (secondary N) is 2. The molecule has 0 radical (unpaired) electrons. The van der Waals surface area contributed by atoms with E-state index in [2.05, 4.69) is 21.7 Å². The number of aryl methyl sites for hydroxylation is 2. The lowest BCUT2D eigenvalue weighted by Crippen LogP contribution is -2.13. The highest BCUT2D eigenvalue weighted by Gasteiger charge is 2.08. The summed E-state index contributed by atoms with van der Waals surface area (Å²) in [5.74, 6) is -0.175. The van der Waals surface area contributed by atoms with E-state index in [1.165, 1.54) is 0 Å². The summed E-state index contributed by atoms with van der Waals surface area (Å²) >= 11 is 6.01. The van der Waals surface area contributed by atoms with Crippen LogP contribution >= 0.6 is 11.6 Å². The van der Waals surface area contributed by atoms with Crippen molar-refractivity contribution >= 4 is 28.9 Å². The highest BCUT2D eigenvalue weighted by molar-refractivity contribution is 6.30. The van der Waals surface area contributed by atoms with Crippen LogP contribution in [-0.2, 0) is 6.42 Å². The van der Waals surface area contributed by atoms with Crippen LogP contribution < -0.4 is 10.6 Å². The molecular formula is C22H22ClN3O. The standard InChI is InChI=1S/C22H22ClN3O/c1-15-8-16(2)10-20(9-15)26-22(27)18-12-21(14-24-13-18)25-7-6-17-4-3-5-19(23)11-17/h3-5,8-14,25H,6-7H2,1-2H3,(H,26,27). The summed E-state index contributed by atoms with van der Waals surface area (Å²) in [4.78, 5) is 16.7. The van der Waals surface area contributed by atoms with Crippen molar-refractivity contribution in [2.75, 3.05) is 17.2 Å². The molecule has 5 heteroatoms. The van der Waals surface area contributed by atoms with Crippen molar-refractivity contribution in [2.45, 2.75) is 20.3 Å². The zero-order valence-electron chi connectivity index (χ0n) is 15.4. The lowest BCUT2D eigenvalue weighted by Gasteiger charge is -2.10. The Kier molecular flexibility index (Phi) is 6.09. The highest BCUT2D eigenvalue weighted by atomic mass is 35.5. The third kappa shape index (κ3) is 5.56. The second-order valence-corrected chi connectivity index (χ2v) is 7.04. The van der Waals surface area contributed by atoms with Crippen LogP contribution in [0.15, 0.2) is 60.9 Å². The lowest BCUT2D eigenvalue weighted by molar-refractivity contribution is 0.102. The zero-order chi connectivity index (χ0) is 19.2. The molecule has 3 aromatic rings. The van der Waals surface area contributed by atoms with Gasteiger partial charge in [0, 0.05) is 29.6 Å². The summed E-state index contributed by atoms with van der Waals surface area (Å²) in [6.45, 7) is 4.74. The molecule has 0 aliphatic rings. The molecule has 138 valence electrons. The molecule has 27 heavy (non-hydrogen) atoms. The van der Waals surface area contributed by atoms with E-state index in [0.29, 0.717) is 5.56 Å². The Hall–Kier alpha value is -2.85. The van der Waals surface area contributed by atoms with Crippen LogP contribution in [0.3, 0.4) is 0 Å². The van der Waals surface area contributed by atoms with Crippen molar-refractivity contribution in [3.8, 4) is 0 Å². The average Bonchev–Trinajstić information content (AvgIpc) is 2.61. The van der Waals surface area contributed by atoms with Gasteiger partial charge in [0.25, 0.3) is 5.91 Å². The molecule has 0 bridgehead atoms.